The highest BCUT2D eigenvalue weighted by Crippen LogP contribution is 2.29. The van der Waals surface area contributed by atoms with Crippen LogP contribution in [-0.4, -0.2) is 32.3 Å². The van der Waals surface area contributed by atoms with Gasteiger partial charge in [-0.15, -0.1) is 0 Å². The Morgan fingerprint density at radius 2 is 1.96 bits per heavy atom. The smallest absolute Gasteiger partial charge is 0.319 e. The summed E-state index contributed by atoms with van der Waals surface area (Å²) in [7, 11) is 1.59. The van der Waals surface area contributed by atoms with E-state index in [1.54, 1.807) is 7.11 Å². The van der Waals surface area contributed by atoms with Crippen LogP contribution in [0.5, 0.6) is 5.75 Å². The lowest BCUT2D eigenvalue weighted by molar-refractivity contribution is 0.251. The zero-order valence-electron chi connectivity index (χ0n) is 14.1. The lowest BCUT2D eigenvalue weighted by Gasteiger charge is -2.27. The molecule has 0 spiro atoms. The number of hydrogen-bond donors (Lipinski definition) is 2. The fraction of sp³-hybridized carbons (Fsp3) is 0.316. The van der Waals surface area contributed by atoms with Gasteiger partial charge in [-0.2, -0.15) is 0 Å². The topological polar surface area (TPSA) is 53.6 Å². The molecule has 0 unspecified atom stereocenters. The van der Waals surface area contributed by atoms with Crippen molar-refractivity contribution in [2.24, 2.45) is 0 Å². The molecule has 2 N–H and O–H groups in total. The van der Waals surface area contributed by atoms with Gasteiger partial charge in [0.1, 0.15) is 5.75 Å². The number of nitrogens with zero attached hydrogens (tertiary/aromatic N) is 1. The number of para-hydroxylation sites is 3. The summed E-state index contributed by atoms with van der Waals surface area (Å²) in [5.74, 6) is 0.647. The molecule has 1 aliphatic heterocycles. The van der Waals surface area contributed by atoms with Crippen molar-refractivity contribution in [3.63, 3.8) is 0 Å². The number of carbonyl (C=O) groups is 1. The third-order valence-corrected chi connectivity index (χ3v) is 4.37. The van der Waals surface area contributed by atoms with Gasteiger partial charge in [-0.3, -0.25) is 0 Å². The van der Waals surface area contributed by atoms with Crippen LogP contribution in [0.15, 0.2) is 48.5 Å². The molecule has 0 aliphatic carbocycles. The van der Waals surface area contributed by atoms with Crippen molar-refractivity contribution in [2.75, 3.05) is 30.4 Å². The highest BCUT2D eigenvalue weighted by atomic mass is 16.5. The lowest BCUT2D eigenvalue weighted by Crippen LogP contribution is -2.42. The molecule has 0 saturated heterocycles. The molecule has 5 heteroatoms. The van der Waals surface area contributed by atoms with Gasteiger partial charge in [-0.05, 0) is 37.1 Å². The van der Waals surface area contributed by atoms with E-state index in [-0.39, 0.29) is 12.1 Å². The van der Waals surface area contributed by atoms with Crippen LogP contribution in [0.3, 0.4) is 0 Å². The number of carbonyl (C=O) groups excluding carboxylic acids is 1. The molecule has 2 aromatic carbocycles. The number of amides is 2. The van der Waals surface area contributed by atoms with Crippen LogP contribution >= 0.6 is 0 Å². The van der Waals surface area contributed by atoms with Crippen molar-refractivity contribution in [3.05, 3.63) is 54.1 Å². The zero-order chi connectivity index (χ0) is 16.9. The molecule has 0 radical (unpaired) electrons. The molecule has 2 amide bonds. The van der Waals surface area contributed by atoms with Crippen molar-refractivity contribution in [1.29, 1.82) is 0 Å². The van der Waals surface area contributed by atoms with Gasteiger partial charge in [-0.25, -0.2) is 4.79 Å². The number of benzene rings is 2. The normalized spacial score (nSPS) is 14.0. The first-order valence-corrected chi connectivity index (χ1v) is 8.21. The Morgan fingerprint density at radius 1 is 1.21 bits per heavy atom. The molecule has 1 heterocycles. The van der Waals surface area contributed by atoms with E-state index in [1.165, 1.54) is 11.3 Å². The van der Waals surface area contributed by atoms with Crippen LogP contribution < -0.4 is 20.3 Å². The Labute approximate surface area is 142 Å². The maximum atomic E-state index is 12.1. The molecule has 0 bridgehead atoms. The average molecular weight is 325 g/mol. The Bertz CT molecular complexity index is 717. The van der Waals surface area contributed by atoms with Crippen LogP contribution in [-0.2, 0) is 6.42 Å². The lowest BCUT2D eigenvalue weighted by atomic mass is 10.2. The number of urea groups is 1. The van der Waals surface area contributed by atoms with Crippen LogP contribution in [0.2, 0.25) is 0 Å². The molecule has 2 aromatic rings. The number of rotatable bonds is 5. The van der Waals surface area contributed by atoms with Crippen molar-refractivity contribution < 1.29 is 9.53 Å². The van der Waals surface area contributed by atoms with E-state index in [2.05, 4.69) is 46.7 Å². The first kappa shape index (κ1) is 16.2. The second kappa shape index (κ2) is 7.25. The van der Waals surface area contributed by atoms with Crippen molar-refractivity contribution in [2.45, 2.75) is 19.4 Å². The van der Waals surface area contributed by atoms with E-state index in [1.807, 2.05) is 24.3 Å². The van der Waals surface area contributed by atoms with E-state index in [0.717, 1.165) is 13.0 Å². The summed E-state index contributed by atoms with van der Waals surface area (Å²) in [6.45, 7) is 3.71. The van der Waals surface area contributed by atoms with Gasteiger partial charge in [0.25, 0.3) is 0 Å². The molecule has 24 heavy (non-hydrogen) atoms. The Kier molecular flexibility index (Phi) is 4.89. The molecule has 3 rings (SSSR count). The number of nitrogens with one attached hydrogen (secondary N) is 2. The first-order valence-electron chi connectivity index (χ1n) is 8.21. The van der Waals surface area contributed by atoms with E-state index in [0.29, 0.717) is 18.0 Å². The molecule has 0 fully saturated rings. The first-order chi connectivity index (χ1) is 11.7. The predicted molar refractivity (Wildman–Crippen MR) is 97.0 cm³/mol. The predicted octanol–water partition coefficient (Wildman–Crippen LogP) is 3.27. The molecule has 1 atom stereocenters. The molecule has 126 valence electrons. The molecule has 0 saturated carbocycles. The van der Waals surface area contributed by atoms with Crippen LogP contribution in [0.25, 0.3) is 0 Å². The molecular formula is C19H23N3O2. The van der Waals surface area contributed by atoms with E-state index < -0.39 is 0 Å². The second-order valence-electron chi connectivity index (χ2n) is 5.96. The van der Waals surface area contributed by atoms with Gasteiger partial charge in [0, 0.05) is 24.8 Å². The minimum atomic E-state index is -0.223. The summed E-state index contributed by atoms with van der Waals surface area (Å²) < 4.78 is 5.24. The summed E-state index contributed by atoms with van der Waals surface area (Å²) in [4.78, 5) is 14.5. The number of anilines is 2. The van der Waals surface area contributed by atoms with Gasteiger partial charge in [0.15, 0.2) is 0 Å². The van der Waals surface area contributed by atoms with Gasteiger partial charge in [0.2, 0.25) is 0 Å². The summed E-state index contributed by atoms with van der Waals surface area (Å²) in [6, 6.07) is 15.8. The van der Waals surface area contributed by atoms with Crippen molar-refractivity contribution in [3.8, 4) is 5.75 Å². The van der Waals surface area contributed by atoms with E-state index in [9.17, 15) is 4.79 Å². The van der Waals surface area contributed by atoms with Crippen LogP contribution in [0, 0.1) is 0 Å². The van der Waals surface area contributed by atoms with Gasteiger partial charge < -0.3 is 20.3 Å². The standard InChI is InChI=1S/C19H23N3O2/c1-14(22-12-11-15-7-3-5-9-17(15)22)13-20-19(23)21-16-8-4-6-10-18(16)24-2/h3-10,14H,11-13H2,1-2H3,(H2,20,21,23)/t14-/m0/s1. The van der Waals surface area contributed by atoms with Gasteiger partial charge in [-0.1, -0.05) is 30.3 Å². The minimum Gasteiger partial charge on any atom is -0.495 e. The monoisotopic (exact) mass is 325 g/mol. The second-order valence-corrected chi connectivity index (χ2v) is 5.96. The quantitative estimate of drug-likeness (QED) is 0.887. The third kappa shape index (κ3) is 3.45. The fourth-order valence-electron chi connectivity index (χ4n) is 3.09. The SMILES string of the molecule is COc1ccccc1NC(=O)NC[C@H](C)N1CCc2ccccc21. The maximum Gasteiger partial charge on any atom is 0.319 e. The largest absolute Gasteiger partial charge is 0.495 e. The number of ether oxygens (including phenoxy) is 1. The molecule has 0 aromatic heterocycles. The van der Waals surface area contributed by atoms with Crippen LogP contribution in [0.1, 0.15) is 12.5 Å². The summed E-state index contributed by atoms with van der Waals surface area (Å²) in [5, 5.41) is 5.78. The third-order valence-electron chi connectivity index (χ3n) is 4.37. The number of fused-ring (bicyclic) bond motifs is 1. The molecular weight excluding hydrogens is 302 g/mol. The summed E-state index contributed by atoms with van der Waals surface area (Å²) in [6.07, 6.45) is 1.06. The summed E-state index contributed by atoms with van der Waals surface area (Å²) >= 11 is 0. The van der Waals surface area contributed by atoms with Gasteiger partial charge in [0.05, 0.1) is 12.8 Å². The molecule has 1 aliphatic rings. The highest BCUT2D eigenvalue weighted by molar-refractivity contribution is 5.90. The van der Waals surface area contributed by atoms with E-state index >= 15 is 0 Å². The Balaban J connectivity index is 1.55. The maximum absolute atomic E-state index is 12.1. The number of methoxy groups -OCH3 is 1. The van der Waals surface area contributed by atoms with Crippen molar-refractivity contribution in [1.82, 2.24) is 5.32 Å². The average Bonchev–Trinajstić information content (AvgIpc) is 3.04. The molecule has 5 nitrogen and oxygen atoms in total. The summed E-state index contributed by atoms with van der Waals surface area (Å²) in [5.41, 5.74) is 3.32. The Morgan fingerprint density at radius 3 is 2.79 bits per heavy atom. The van der Waals surface area contributed by atoms with E-state index in [4.69, 9.17) is 4.74 Å². The highest BCUT2D eigenvalue weighted by Gasteiger charge is 2.23. The van der Waals surface area contributed by atoms with Gasteiger partial charge >= 0.3 is 6.03 Å². The zero-order valence-corrected chi connectivity index (χ0v) is 14.1. The Hall–Kier alpha value is -2.69. The van der Waals surface area contributed by atoms with Crippen molar-refractivity contribution >= 4 is 17.4 Å². The minimum absolute atomic E-state index is 0.223. The number of hydrogen-bond acceptors (Lipinski definition) is 3. The van der Waals surface area contributed by atoms with Crippen LogP contribution in [0.4, 0.5) is 16.2 Å². The fourth-order valence-corrected chi connectivity index (χ4v) is 3.09.